The molecule has 1 amide bonds. The van der Waals surface area contributed by atoms with E-state index in [1.54, 1.807) is 4.90 Å². The summed E-state index contributed by atoms with van der Waals surface area (Å²) in [4.78, 5) is 14.4. The summed E-state index contributed by atoms with van der Waals surface area (Å²) in [5.41, 5.74) is 6.11. The Balaban J connectivity index is 2.16. The molecule has 0 heterocycles. The SMILES string of the molecule is CCCN(C(=O)c1ccc(F)c(F)c1)C1CCC(N)CC1. The van der Waals surface area contributed by atoms with Crippen LogP contribution in [-0.2, 0) is 0 Å². The maximum absolute atomic E-state index is 13.3. The quantitative estimate of drug-likeness (QED) is 0.928. The topological polar surface area (TPSA) is 46.3 Å². The zero-order valence-corrected chi connectivity index (χ0v) is 12.3. The Morgan fingerprint density at radius 1 is 1.24 bits per heavy atom. The summed E-state index contributed by atoms with van der Waals surface area (Å²) in [5.74, 6) is -2.14. The number of amides is 1. The number of benzene rings is 1. The number of carbonyl (C=O) groups is 1. The first-order valence-corrected chi connectivity index (χ1v) is 7.54. The van der Waals surface area contributed by atoms with Gasteiger partial charge in [0.2, 0.25) is 0 Å². The molecule has 0 aliphatic heterocycles. The van der Waals surface area contributed by atoms with Crippen LogP contribution in [0.1, 0.15) is 49.4 Å². The highest BCUT2D eigenvalue weighted by atomic mass is 19.2. The fourth-order valence-corrected chi connectivity index (χ4v) is 2.90. The Kier molecular flexibility index (Phi) is 5.28. The van der Waals surface area contributed by atoms with Crippen LogP contribution in [0.25, 0.3) is 0 Å². The molecular weight excluding hydrogens is 274 g/mol. The Morgan fingerprint density at radius 2 is 1.90 bits per heavy atom. The maximum Gasteiger partial charge on any atom is 0.254 e. The zero-order chi connectivity index (χ0) is 15.4. The third-order valence-corrected chi connectivity index (χ3v) is 4.07. The molecule has 0 bridgehead atoms. The Labute approximate surface area is 124 Å². The van der Waals surface area contributed by atoms with Crippen LogP contribution in [0.3, 0.4) is 0 Å². The van der Waals surface area contributed by atoms with Crippen LogP contribution in [-0.4, -0.2) is 29.4 Å². The van der Waals surface area contributed by atoms with Gasteiger partial charge in [-0.3, -0.25) is 4.79 Å². The summed E-state index contributed by atoms with van der Waals surface area (Å²) in [6.45, 7) is 2.62. The monoisotopic (exact) mass is 296 g/mol. The van der Waals surface area contributed by atoms with Gasteiger partial charge in [-0.2, -0.15) is 0 Å². The van der Waals surface area contributed by atoms with Crippen LogP contribution < -0.4 is 5.73 Å². The third-order valence-electron chi connectivity index (χ3n) is 4.07. The van der Waals surface area contributed by atoms with Crippen LogP contribution in [0.5, 0.6) is 0 Å². The molecule has 0 atom stereocenters. The van der Waals surface area contributed by atoms with E-state index in [1.165, 1.54) is 6.07 Å². The lowest BCUT2D eigenvalue weighted by Crippen LogP contribution is -2.44. The van der Waals surface area contributed by atoms with Gasteiger partial charge in [0.05, 0.1) is 0 Å². The molecule has 1 aliphatic rings. The highest BCUT2D eigenvalue weighted by Gasteiger charge is 2.28. The Hall–Kier alpha value is -1.49. The second kappa shape index (κ2) is 6.98. The summed E-state index contributed by atoms with van der Waals surface area (Å²) >= 11 is 0. The smallest absolute Gasteiger partial charge is 0.254 e. The number of halogens is 2. The lowest BCUT2D eigenvalue weighted by Gasteiger charge is -2.36. The zero-order valence-electron chi connectivity index (χ0n) is 12.3. The molecule has 2 N–H and O–H groups in total. The van der Waals surface area contributed by atoms with E-state index in [1.807, 2.05) is 6.92 Å². The van der Waals surface area contributed by atoms with Crippen molar-refractivity contribution in [1.29, 1.82) is 0 Å². The number of nitrogens with two attached hydrogens (primary N) is 1. The van der Waals surface area contributed by atoms with Crippen molar-refractivity contribution in [1.82, 2.24) is 4.90 Å². The van der Waals surface area contributed by atoms with Crippen LogP contribution in [0.15, 0.2) is 18.2 Å². The Bertz CT molecular complexity index is 499. The molecular formula is C16H22F2N2O. The van der Waals surface area contributed by atoms with Gasteiger partial charge in [0.15, 0.2) is 11.6 Å². The lowest BCUT2D eigenvalue weighted by atomic mass is 9.90. The number of carbonyl (C=O) groups excluding carboxylic acids is 1. The molecule has 1 aliphatic carbocycles. The molecule has 0 radical (unpaired) electrons. The van der Waals surface area contributed by atoms with Crippen LogP contribution >= 0.6 is 0 Å². The van der Waals surface area contributed by atoms with Crippen LogP contribution in [0.2, 0.25) is 0 Å². The van der Waals surface area contributed by atoms with E-state index < -0.39 is 11.6 Å². The summed E-state index contributed by atoms with van der Waals surface area (Å²) in [6.07, 6.45) is 4.37. The van der Waals surface area contributed by atoms with Gasteiger partial charge in [0.1, 0.15) is 0 Å². The molecule has 0 unspecified atom stereocenters. The summed E-state index contributed by atoms with van der Waals surface area (Å²) < 4.78 is 26.3. The van der Waals surface area contributed by atoms with Gasteiger partial charge < -0.3 is 10.6 Å². The van der Waals surface area contributed by atoms with E-state index in [0.717, 1.165) is 44.2 Å². The second-order valence-electron chi connectivity index (χ2n) is 5.70. The van der Waals surface area contributed by atoms with Crippen molar-refractivity contribution in [3.8, 4) is 0 Å². The van der Waals surface area contributed by atoms with E-state index >= 15 is 0 Å². The molecule has 0 saturated heterocycles. The van der Waals surface area contributed by atoms with E-state index in [9.17, 15) is 13.6 Å². The van der Waals surface area contributed by atoms with Gasteiger partial charge >= 0.3 is 0 Å². The average molecular weight is 296 g/mol. The third kappa shape index (κ3) is 3.79. The predicted molar refractivity (Wildman–Crippen MR) is 77.9 cm³/mol. The number of rotatable bonds is 4. The fraction of sp³-hybridized carbons (Fsp3) is 0.562. The van der Waals surface area contributed by atoms with Crippen molar-refractivity contribution < 1.29 is 13.6 Å². The van der Waals surface area contributed by atoms with Gasteiger partial charge in [0.25, 0.3) is 5.91 Å². The van der Waals surface area contributed by atoms with Crippen LogP contribution in [0, 0.1) is 11.6 Å². The molecule has 3 nitrogen and oxygen atoms in total. The standard InChI is InChI=1S/C16H22F2N2O/c1-2-9-20(13-6-4-12(19)5-7-13)16(21)11-3-8-14(17)15(18)10-11/h3,8,10,12-13H,2,4-7,9,19H2,1H3. The van der Waals surface area contributed by atoms with E-state index in [0.29, 0.717) is 6.54 Å². The normalized spacial score (nSPS) is 22.1. The molecule has 1 aromatic carbocycles. The molecule has 1 saturated carbocycles. The first kappa shape index (κ1) is 15.9. The highest BCUT2D eigenvalue weighted by molar-refractivity contribution is 5.94. The summed E-state index contributed by atoms with van der Waals surface area (Å²) in [7, 11) is 0. The van der Waals surface area contributed by atoms with Gasteiger partial charge in [-0.25, -0.2) is 8.78 Å². The number of hydrogen-bond donors (Lipinski definition) is 1. The minimum Gasteiger partial charge on any atom is -0.336 e. The van der Waals surface area contributed by atoms with Crippen LogP contribution in [0.4, 0.5) is 8.78 Å². The molecule has 116 valence electrons. The Morgan fingerprint density at radius 3 is 2.48 bits per heavy atom. The summed E-state index contributed by atoms with van der Waals surface area (Å²) in [5, 5.41) is 0. The van der Waals surface area contributed by atoms with Gasteiger partial charge in [-0.1, -0.05) is 6.92 Å². The molecule has 0 aromatic heterocycles. The van der Waals surface area contributed by atoms with Crippen molar-refractivity contribution in [2.24, 2.45) is 5.73 Å². The van der Waals surface area contributed by atoms with Crippen molar-refractivity contribution in [3.63, 3.8) is 0 Å². The van der Waals surface area contributed by atoms with Gasteiger partial charge in [0, 0.05) is 24.2 Å². The molecule has 0 spiro atoms. The lowest BCUT2D eigenvalue weighted by molar-refractivity contribution is 0.0626. The van der Waals surface area contributed by atoms with E-state index in [-0.39, 0.29) is 23.6 Å². The average Bonchev–Trinajstić information content (AvgIpc) is 2.48. The highest BCUT2D eigenvalue weighted by Crippen LogP contribution is 2.24. The predicted octanol–water partition coefficient (Wildman–Crippen LogP) is 3.09. The van der Waals surface area contributed by atoms with E-state index in [4.69, 9.17) is 5.73 Å². The molecule has 1 aromatic rings. The van der Waals surface area contributed by atoms with E-state index in [2.05, 4.69) is 0 Å². The molecule has 21 heavy (non-hydrogen) atoms. The first-order valence-electron chi connectivity index (χ1n) is 7.54. The molecule has 2 rings (SSSR count). The van der Waals surface area contributed by atoms with Crippen molar-refractivity contribution in [2.45, 2.75) is 51.1 Å². The first-order chi connectivity index (χ1) is 10.0. The van der Waals surface area contributed by atoms with Gasteiger partial charge in [-0.05, 0) is 50.3 Å². The minimum absolute atomic E-state index is 0.144. The number of hydrogen-bond acceptors (Lipinski definition) is 2. The minimum atomic E-state index is -0.983. The second-order valence-corrected chi connectivity index (χ2v) is 5.70. The van der Waals surface area contributed by atoms with Crippen molar-refractivity contribution in [2.75, 3.05) is 6.54 Å². The fourth-order valence-electron chi connectivity index (χ4n) is 2.90. The molecule has 1 fully saturated rings. The van der Waals surface area contributed by atoms with Gasteiger partial charge in [-0.15, -0.1) is 0 Å². The molecule has 5 heteroatoms. The summed E-state index contributed by atoms with van der Waals surface area (Å²) in [6, 6.07) is 3.68. The van der Waals surface area contributed by atoms with Crippen molar-refractivity contribution >= 4 is 5.91 Å². The number of nitrogens with zero attached hydrogens (tertiary/aromatic N) is 1. The maximum atomic E-state index is 13.3. The largest absolute Gasteiger partial charge is 0.336 e. The van der Waals surface area contributed by atoms with Crippen molar-refractivity contribution in [3.05, 3.63) is 35.4 Å².